The van der Waals surface area contributed by atoms with Crippen molar-refractivity contribution in [3.8, 4) is 5.88 Å². The summed E-state index contributed by atoms with van der Waals surface area (Å²) >= 11 is 0. The van der Waals surface area contributed by atoms with Crippen molar-refractivity contribution >= 4 is 11.7 Å². The fourth-order valence-corrected chi connectivity index (χ4v) is 2.24. The van der Waals surface area contributed by atoms with Crippen LogP contribution < -0.4 is 15.4 Å². The van der Waals surface area contributed by atoms with Gasteiger partial charge in [-0.05, 0) is 37.6 Å². The molecule has 2 N–H and O–H groups in total. The van der Waals surface area contributed by atoms with Gasteiger partial charge < -0.3 is 15.4 Å². The number of nitrogens with one attached hydrogen (secondary N) is 2. The van der Waals surface area contributed by atoms with Gasteiger partial charge in [0, 0.05) is 37.5 Å². The predicted molar refractivity (Wildman–Crippen MR) is 94.8 cm³/mol. The smallest absolute Gasteiger partial charge is 0.278 e. The second-order valence-electron chi connectivity index (χ2n) is 6.12. The van der Waals surface area contributed by atoms with E-state index >= 15 is 0 Å². The molecule has 6 nitrogen and oxygen atoms in total. The number of aromatic nitrogens is 2. The van der Waals surface area contributed by atoms with Crippen molar-refractivity contribution in [1.29, 1.82) is 0 Å². The van der Waals surface area contributed by atoms with E-state index in [0.717, 1.165) is 12.5 Å². The van der Waals surface area contributed by atoms with E-state index in [-0.39, 0.29) is 17.8 Å². The van der Waals surface area contributed by atoms with Crippen molar-refractivity contribution < 1.29 is 18.3 Å². The molecule has 1 amide bonds. The highest BCUT2D eigenvalue weighted by Gasteiger charge is 2.23. The Balaban J connectivity index is 2.05. The molecule has 2 aromatic heterocycles. The van der Waals surface area contributed by atoms with Gasteiger partial charge in [0.2, 0.25) is 5.88 Å². The molecule has 1 atom stereocenters. The van der Waals surface area contributed by atoms with Crippen LogP contribution in [-0.2, 0) is 0 Å². The molecular formula is C18H22F2N4O2. The van der Waals surface area contributed by atoms with Crippen LogP contribution in [0.15, 0.2) is 30.6 Å². The summed E-state index contributed by atoms with van der Waals surface area (Å²) in [4.78, 5) is 20.5. The molecule has 2 heterocycles. The lowest BCUT2D eigenvalue weighted by atomic mass is 10.1. The minimum absolute atomic E-state index is 0.154. The number of ether oxygens (including phenoxy) is 1. The molecule has 2 rings (SSSR count). The first kappa shape index (κ1) is 19.6. The Hall–Kier alpha value is -2.77. The van der Waals surface area contributed by atoms with Crippen LogP contribution in [0.5, 0.6) is 5.88 Å². The zero-order valence-corrected chi connectivity index (χ0v) is 15.1. The van der Waals surface area contributed by atoms with Gasteiger partial charge in [0.25, 0.3) is 11.8 Å². The van der Waals surface area contributed by atoms with Gasteiger partial charge >= 0.3 is 0 Å². The van der Waals surface area contributed by atoms with Crippen LogP contribution in [0.2, 0.25) is 0 Å². The van der Waals surface area contributed by atoms with Gasteiger partial charge in [-0.25, -0.2) is 18.7 Å². The fraction of sp³-hybridized carbons (Fsp3) is 0.389. The molecule has 0 spiro atoms. The number of alkyl halides is 2. The number of amides is 1. The largest absolute Gasteiger partial charge is 0.471 e. The first-order chi connectivity index (χ1) is 12.2. The lowest BCUT2D eigenvalue weighted by Crippen LogP contribution is -2.27. The Bertz CT molecular complexity index is 778. The molecule has 0 saturated carbocycles. The molecule has 0 saturated heterocycles. The number of halogens is 2. The average molecular weight is 364 g/mol. The van der Waals surface area contributed by atoms with Crippen LogP contribution >= 0.6 is 0 Å². The zero-order chi connectivity index (χ0) is 19.3. The Morgan fingerprint density at radius 1 is 1.35 bits per heavy atom. The van der Waals surface area contributed by atoms with Crippen molar-refractivity contribution in [2.75, 3.05) is 19.0 Å². The highest BCUT2D eigenvalue weighted by Crippen LogP contribution is 2.22. The molecule has 0 bridgehead atoms. The predicted octanol–water partition coefficient (Wildman–Crippen LogP) is 3.35. The molecule has 26 heavy (non-hydrogen) atoms. The summed E-state index contributed by atoms with van der Waals surface area (Å²) in [6.07, 6.45) is 3.05. The Morgan fingerprint density at radius 3 is 2.69 bits per heavy atom. The Kier molecular flexibility index (Phi) is 6.07. The number of anilines is 1. The van der Waals surface area contributed by atoms with Crippen LogP contribution in [-0.4, -0.2) is 35.5 Å². The van der Waals surface area contributed by atoms with Gasteiger partial charge in [-0.1, -0.05) is 0 Å². The quantitative estimate of drug-likeness (QED) is 0.788. The summed E-state index contributed by atoms with van der Waals surface area (Å²) in [5.41, 5.74) is 1.84. The van der Waals surface area contributed by atoms with Crippen molar-refractivity contribution in [1.82, 2.24) is 15.3 Å². The van der Waals surface area contributed by atoms with Gasteiger partial charge in [-0.3, -0.25) is 4.79 Å². The van der Waals surface area contributed by atoms with Gasteiger partial charge in [0.15, 0.2) is 6.61 Å². The molecule has 0 aromatic carbocycles. The second kappa shape index (κ2) is 8.07. The van der Waals surface area contributed by atoms with Gasteiger partial charge in [-0.15, -0.1) is 0 Å². The minimum atomic E-state index is -2.93. The summed E-state index contributed by atoms with van der Waals surface area (Å²) in [6.45, 7) is 3.58. The first-order valence-electron chi connectivity index (χ1n) is 8.11. The molecule has 0 radical (unpaired) electrons. The van der Waals surface area contributed by atoms with E-state index in [9.17, 15) is 13.6 Å². The number of hydrogen-bond acceptors (Lipinski definition) is 5. The number of rotatable bonds is 7. The molecule has 1 unspecified atom stereocenters. The third-order valence-electron chi connectivity index (χ3n) is 3.64. The topological polar surface area (TPSA) is 76.1 Å². The highest BCUT2D eigenvalue weighted by atomic mass is 19.3. The monoisotopic (exact) mass is 364 g/mol. The molecule has 140 valence electrons. The number of nitrogens with zero attached hydrogens (tertiary/aromatic N) is 2. The van der Waals surface area contributed by atoms with E-state index < -0.39 is 12.5 Å². The molecule has 2 aromatic rings. The maximum absolute atomic E-state index is 12.9. The third-order valence-corrected chi connectivity index (χ3v) is 3.64. The van der Waals surface area contributed by atoms with E-state index in [4.69, 9.17) is 4.74 Å². The van der Waals surface area contributed by atoms with E-state index in [2.05, 4.69) is 20.6 Å². The number of carbonyl (C=O) groups excluding carboxylic acids is 1. The van der Waals surface area contributed by atoms with Crippen LogP contribution in [0, 0.1) is 6.92 Å². The summed E-state index contributed by atoms with van der Waals surface area (Å²) < 4.78 is 30.8. The Labute approximate surface area is 151 Å². The lowest BCUT2D eigenvalue weighted by molar-refractivity contribution is -0.0244. The lowest BCUT2D eigenvalue weighted by Gasteiger charge is -2.17. The molecule has 0 aliphatic carbocycles. The normalized spacial score (nSPS) is 12.4. The standard InChI is InChI=1S/C18H22F2N4O2/c1-11-7-14(9-23-17(11)26-10-18(3,19)20)12(2)24-16(25)13-5-6-22-15(8-13)21-4/h5-9,12H,10H2,1-4H3,(H,21,22)(H,24,25). The summed E-state index contributed by atoms with van der Waals surface area (Å²) in [5, 5.41) is 5.75. The summed E-state index contributed by atoms with van der Waals surface area (Å²) in [7, 11) is 1.72. The van der Waals surface area contributed by atoms with Crippen LogP contribution in [0.1, 0.15) is 41.4 Å². The van der Waals surface area contributed by atoms with Crippen LogP contribution in [0.3, 0.4) is 0 Å². The first-order valence-corrected chi connectivity index (χ1v) is 8.11. The minimum Gasteiger partial charge on any atom is -0.471 e. The van der Waals surface area contributed by atoms with E-state index in [1.165, 1.54) is 6.20 Å². The second-order valence-corrected chi connectivity index (χ2v) is 6.12. The van der Waals surface area contributed by atoms with Crippen molar-refractivity contribution in [2.45, 2.75) is 32.7 Å². The van der Waals surface area contributed by atoms with Crippen molar-refractivity contribution in [3.05, 3.63) is 47.3 Å². The van der Waals surface area contributed by atoms with Crippen molar-refractivity contribution in [3.63, 3.8) is 0 Å². The van der Waals surface area contributed by atoms with Gasteiger partial charge in [0.1, 0.15) is 5.82 Å². The SMILES string of the molecule is CNc1cc(C(=O)NC(C)c2cnc(OCC(C)(F)F)c(C)c2)ccn1. The number of carbonyl (C=O) groups is 1. The zero-order valence-electron chi connectivity index (χ0n) is 15.1. The van der Waals surface area contributed by atoms with E-state index in [1.54, 1.807) is 38.4 Å². The third kappa shape index (κ3) is 5.37. The van der Waals surface area contributed by atoms with E-state index in [0.29, 0.717) is 16.9 Å². The molecule has 0 fully saturated rings. The van der Waals surface area contributed by atoms with Crippen LogP contribution in [0.4, 0.5) is 14.6 Å². The summed E-state index contributed by atoms with van der Waals surface area (Å²) in [5.74, 6) is -2.43. The molecule has 8 heteroatoms. The maximum atomic E-state index is 12.9. The number of pyridine rings is 2. The van der Waals surface area contributed by atoms with Crippen molar-refractivity contribution in [2.24, 2.45) is 0 Å². The number of hydrogen-bond donors (Lipinski definition) is 2. The molecule has 0 aliphatic heterocycles. The highest BCUT2D eigenvalue weighted by molar-refractivity contribution is 5.95. The van der Waals surface area contributed by atoms with Gasteiger partial charge in [0.05, 0.1) is 6.04 Å². The van der Waals surface area contributed by atoms with Crippen LogP contribution in [0.25, 0.3) is 0 Å². The average Bonchev–Trinajstić information content (AvgIpc) is 2.59. The molecule has 0 aliphatic rings. The number of aryl methyl sites for hydroxylation is 1. The van der Waals surface area contributed by atoms with E-state index in [1.807, 2.05) is 6.92 Å². The Morgan fingerprint density at radius 2 is 2.08 bits per heavy atom. The molecular weight excluding hydrogens is 342 g/mol. The van der Waals surface area contributed by atoms with Gasteiger partial charge in [-0.2, -0.15) is 0 Å². The maximum Gasteiger partial charge on any atom is 0.278 e. The summed E-state index contributed by atoms with van der Waals surface area (Å²) in [6, 6.07) is 4.70. The fourth-order valence-electron chi connectivity index (χ4n) is 2.24.